The van der Waals surface area contributed by atoms with E-state index in [0.717, 1.165) is 4.90 Å². The van der Waals surface area contributed by atoms with E-state index in [-0.39, 0.29) is 24.7 Å². The standard InChI is InChI=1S/C13H15N3O5/c1-13(8-21-2)11(17)15(12(18)14-13)7-9-3-5-10(6-4-9)16(19)20/h3-6H,7-8H2,1-2H3,(H,14,18)/t13-/m0/s1. The molecule has 21 heavy (non-hydrogen) atoms. The number of urea groups is 1. The Morgan fingerprint density at radius 1 is 1.33 bits per heavy atom. The molecule has 1 aliphatic heterocycles. The molecule has 1 aliphatic rings. The summed E-state index contributed by atoms with van der Waals surface area (Å²) in [6.07, 6.45) is 0. The fraction of sp³-hybridized carbons (Fsp3) is 0.385. The van der Waals surface area contributed by atoms with Crippen LogP contribution in [-0.4, -0.2) is 41.0 Å². The van der Waals surface area contributed by atoms with Crippen molar-refractivity contribution in [3.05, 3.63) is 39.9 Å². The van der Waals surface area contributed by atoms with Crippen molar-refractivity contribution in [1.82, 2.24) is 10.2 Å². The van der Waals surface area contributed by atoms with Crippen LogP contribution in [0.1, 0.15) is 12.5 Å². The highest BCUT2D eigenvalue weighted by Gasteiger charge is 2.47. The van der Waals surface area contributed by atoms with Crippen molar-refractivity contribution in [2.45, 2.75) is 19.0 Å². The first kappa shape index (κ1) is 14.9. The number of nitrogens with zero attached hydrogens (tertiary/aromatic N) is 2. The first-order valence-electron chi connectivity index (χ1n) is 6.24. The van der Waals surface area contributed by atoms with Gasteiger partial charge in [-0.05, 0) is 12.5 Å². The van der Waals surface area contributed by atoms with Crippen LogP contribution in [0.2, 0.25) is 0 Å². The van der Waals surface area contributed by atoms with E-state index in [0.29, 0.717) is 5.56 Å². The monoisotopic (exact) mass is 293 g/mol. The van der Waals surface area contributed by atoms with E-state index in [1.807, 2.05) is 0 Å². The van der Waals surface area contributed by atoms with Gasteiger partial charge in [-0.2, -0.15) is 0 Å². The van der Waals surface area contributed by atoms with Crippen LogP contribution in [0.3, 0.4) is 0 Å². The Labute approximate surface area is 120 Å². The Morgan fingerprint density at radius 2 is 1.95 bits per heavy atom. The number of benzene rings is 1. The number of carbonyl (C=O) groups excluding carboxylic acids is 2. The Hall–Kier alpha value is -2.48. The largest absolute Gasteiger partial charge is 0.382 e. The number of hydrogen-bond acceptors (Lipinski definition) is 5. The molecule has 1 aromatic rings. The van der Waals surface area contributed by atoms with E-state index in [1.165, 1.54) is 31.4 Å². The van der Waals surface area contributed by atoms with Gasteiger partial charge in [0, 0.05) is 19.2 Å². The number of methoxy groups -OCH3 is 1. The van der Waals surface area contributed by atoms with E-state index in [1.54, 1.807) is 6.92 Å². The molecule has 1 aromatic carbocycles. The van der Waals surface area contributed by atoms with E-state index in [4.69, 9.17) is 4.74 Å². The van der Waals surface area contributed by atoms with Gasteiger partial charge >= 0.3 is 6.03 Å². The molecular formula is C13H15N3O5. The molecule has 3 amide bonds. The smallest absolute Gasteiger partial charge is 0.325 e. The number of ether oxygens (including phenoxy) is 1. The molecule has 0 spiro atoms. The Balaban J connectivity index is 2.14. The van der Waals surface area contributed by atoms with Crippen molar-refractivity contribution in [3.63, 3.8) is 0 Å². The minimum absolute atomic E-state index is 0.0415. The summed E-state index contributed by atoms with van der Waals surface area (Å²) < 4.78 is 4.95. The lowest BCUT2D eigenvalue weighted by molar-refractivity contribution is -0.384. The molecule has 1 atom stereocenters. The van der Waals surface area contributed by atoms with Crippen molar-refractivity contribution in [3.8, 4) is 0 Å². The normalized spacial score (nSPS) is 21.5. The summed E-state index contributed by atoms with van der Waals surface area (Å²) in [5.74, 6) is -0.382. The number of nitrogens with one attached hydrogen (secondary N) is 1. The molecule has 0 bridgehead atoms. The quantitative estimate of drug-likeness (QED) is 0.496. The minimum Gasteiger partial charge on any atom is -0.382 e. The average molecular weight is 293 g/mol. The van der Waals surface area contributed by atoms with Crippen LogP contribution in [-0.2, 0) is 16.1 Å². The zero-order chi connectivity index (χ0) is 15.6. The third kappa shape index (κ3) is 2.84. The number of carbonyl (C=O) groups is 2. The van der Waals surface area contributed by atoms with Crippen LogP contribution >= 0.6 is 0 Å². The number of amides is 3. The topological polar surface area (TPSA) is 102 Å². The Kier molecular flexibility index (Phi) is 3.90. The fourth-order valence-electron chi connectivity index (χ4n) is 2.18. The number of hydrogen-bond donors (Lipinski definition) is 1. The van der Waals surface area contributed by atoms with Gasteiger partial charge in [0.1, 0.15) is 5.54 Å². The summed E-state index contributed by atoms with van der Waals surface area (Å²) in [5, 5.41) is 13.2. The lowest BCUT2D eigenvalue weighted by atomic mass is 10.0. The lowest BCUT2D eigenvalue weighted by Crippen LogP contribution is -2.47. The van der Waals surface area contributed by atoms with Gasteiger partial charge in [0.25, 0.3) is 11.6 Å². The maximum absolute atomic E-state index is 12.3. The molecule has 0 saturated carbocycles. The number of imide groups is 1. The van der Waals surface area contributed by atoms with Gasteiger partial charge in [-0.3, -0.25) is 19.8 Å². The third-order valence-corrected chi connectivity index (χ3v) is 3.27. The van der Waals surface area contributed by atoms with Crippen LogP contribution in [0.4, 0.5) is 10.5 Å². The lowest BCUT2D eigenvalue weighted by Gasteiger charge is -2.20. The molecule has 1 saturated heterocycles. The maximum atomic E-state index is 12.3. The number of nitro groups is 1. The van der Waals surface area contributed by atoms with Gasteiger partial charge in [0.2, 0.25) is 0 Å². The minimum atomic E-state index is -1.08. The predicted octanol–water partition coefficient (Wildman–Crippen LogP) is 1.05. The number of non-ortho nitro benzene ring substituents is 1. The zero-order valence-corrected chi connectivity index (χ0v) is 11.7. The molecule has 112 valence electrons. The van der Waals surface area contributed by atoms with Gasteiger partial charge in [-0.1, -0.05) is 12.1 Å². The molecule has 0 radical (unpaired) electrons. The van der Waals surface area contributed by atoms with Gasteiger partial charge in [0.15, 0.2) is 0 Å². The molecule has 8 nitrogen and oxygen atoms in total. The van der Waals surface area contributed by atoms with E-state index < -0.39 is 16.5 Å². The Morgan fingerprint density at radius 3 is 2.48 bits per heavy atom. The number of rotatable bonds is 5. The highest BCUT2D eigenvalue weighted by atomic mass is 16.6. The second-order valence-electron chi connectivity index (χ2n) is 5.01. The third-order valence-electron chi connectivity index (χ3n) is 3.27. The van der Waals surface area contributed by atoms with E-state index in [2.05, 4.69) is 5.32 Å². The molecule has 8 heteroatoms. The molecule has 0 aliphatic carbocycles. The summed E-state index contributed by atoms with van der Waals surface area (Å²) >= 11 is 0. The summed E-state index contributed by atoms with van der Waals surface area (Å²) in [5.41, 5.74) is -0.488. The van der Waals surface area contributed by atoms with Crippen molar-refractivity contribution >= 4 is 17.6 Å². The molecular weight excluding hydrogens is 278 g/mol. The van der Waals surface area contributed by atoms with Gasteiger partial charge in [-0.25, -0.2) is 4.79 Å². The molecule has 1 heterocycles. The summed E-state index contributed by atoms with van der Waals surface area (Å²) in [7, 11) is 1.45. The van der Waals surface area contributed by atoms with E-state index in [9.17, 15) is 19.7 Å². The fourth-order valence-corrected chi connectivity index (χ4v) is 2.18. The molecule has 1 fully saturated rings. The van der Waals surface area contributed by atoms with Gasteiger partial charge < -0.3 is 10.1 Å². The second kappa shape index (κ2) is 5.49. The molecule has 2 rings (SSSR count). The van der Waals surface area contributed by atoms with Gasteiger partial charge in [0.05, 0.1) is 18.1 Å². The van der Waals surface area contributed by atoms with Crippen LogP contribution in [0.25, 0.3) is 0 Å². The van der Waals surface area contributed by atoms with Crippen LogP contribution in [0.15, 0.2) is 24.3 Å². The van der Waals surface area contributed by atoms with Gasteiger partial charge in [-0.15, -0.1) is 0 Å². The van der Waals surface area contributed by atoms with Crippen LogP contribution in [0, 0.1) is 10.1 Å². The van der Waals surface area contributed by atoms with Crippen molar-refractivity contribution in [2.75, 3.05) is 13.7 Å². The summed E-state index contributed by atoms with van der Waals surface area (Å²) in [6.45, 7) is 1.73. The summed E-state index contributed by atoms with van der Waals surface area (Å²) in [6, 6.07) is 5.21. The molecule has 0 aromatic heterocycles. The summed E-state index contributed by atoms with van der Waals surface area (Å²) in [4.78, 5) is 35.3. The number of nitro benzene ring substituents is 1. The van der Waals surface area contributed by atoms with Crippen LogP contribution in [0.5, 0.6) is 0 Å². The van der Waals surface area contributed by atoms with Crippen molar-refractivity contribution < 1.29 is 19.2 Å². The SMILES string of the molecule is COC[C@]1(C)NC(=O)N(Cc2ccc([N+](=O)[O-])cc2)C1=O. The average Bonchev–Trinajstić information content (AvgIpc) is 2.63. The molecule has 1 N–H and O–H groups in total. The van der Waals surface area contributed by atoms with E-state index >= 15 is 0 Å². The van der Waals surface area contributed by atoms with Crippen molar-refractivity contribution in [1.29, 1.82) is 0 Å². The maximum Gasteiger partial charge on any atom is 0.325 e. The zero-order valence-electron chi connectivity index (χ0n) is 11.7. The predicted molar refractivity (Wildman–Crippen MR) is 72.5 cm³/mol. The first-order chi connectivity index (χ1) is 9.87. The second-order valence-corrected chi connectivity index (χ2v) is 5.01. The highest BCUT2D eigenvalue weighted by Crippen LogP contribution is 2.21. The molecule has 0 unspecified atom stereocenters. The van der Waals surface area contributed by atoms with Crippen molar-refractivity contribution in [2.24, 2.45) is 0 Å². The first-order valence-corrected chi connectivity index (χ1v) is 6.24. The highest BCUT2D eigenvalue weighted by molar-refractivity contribution is 6.06. The van der Waals surface area contributed by atoms with Crippen LogP contribution < -0.4 is 5.32 Å². The Bertz CT molecular complexity index is 586.